The largest absolute Gasteiger partial charge is 0.481 e. The predicted molar refractivity (Wildman–Crippen MR) is 78.0 cm³/mol. The van der Waals surface area contributed by atoms with Crippen LogP contribution >= 0.6 is 27.3 Å². The lowest BCUT2D eigenvalue weighted by atomic mass is 10.3. The lowest BCUT2D eigenvalue weighted by molar-refractivity contribution is 0.102. The topological polar surface area (TPSA) is 64.1 Å². The van der Waals surface area contributed by atoms with E-state index in [9.17, 15) is 4.79 Å². The predicted octanol–water partition coefficient (Wildman–Crippen LogP) is 3.18. The Morgan fingerprint density at radius 3 is 2.68 bits per heavy atom. The van der Waals surface area contributed by atoms with Gasteiger partial charge in [-0.3, -0.25) is 10.1 Å². The number of nitrogens with one attached hydrogen (secondary N) is 1. The Morgan fingerprint density at radius 1 is 1.37 bits per heavy atom. The molecule has 0 atom stereocenters. The number of halogens is 1. The van der Waals surface area contributed by atoms with Crippen LogP contribution in [0.4, 0.5) is 5.95 Å². The number of ether oxygens (including phenoxy) is 1. The van der Waals surface area contributed by atoms with Crippen LogP contribution in [-0.4, -0.2) is 23.0 Å². The van der Waals surface area contributed by atoms with Gasteiger partial charge in [-0.25, -0.2) is 4.98 Å². The molecule has 0 aliphatic rings. The Morgan fingerprint density at radius 2 is 2.11 bits per heavy atom. The molecule has 5 nitrogen and oxygen atoms in total. The van der Waals surface area contributed by atoms with Gasteiger partial charge in [-0.1, -0.05) is 0 Å². The summed E-state index contributed by atoms with van der Waals surface area (Å²) in [6.45, 7) is 3.75. The van der Waals surface area contributed by atoms with E-state index in [2.05, 4.69) is 31.2 Å². The van der Waals surface area contributed by atoms with Crippen LogP contribution in [0.15, 0.2) is 15.9 Å². The minimum Gasteiger partial charge on any atom is -0.481 e. The van der Waals surface area contributed by atoms with Gasteiger partial charge in [0.1, 0.15) is 0 Å². The second kappa shape index (κ2) is 5.66. The van der Waals surface area contributed by atoms with Crippen molar-refractivity contribution in [1.29, 1.82) is 0 Å². The average molecular weight is 342 g/mol. The zero-order valence-electron chi connectivity index (χ0n) is 10.7. The first-order chi connectivity index (χ1) is 8.99. The lowest BCUT2D eigenvalue weighted by Crippen LogP contribution is -2.13. The van der Waals surface area contributed by atoms with Gasteiger partial charge >= 0.3 is 0 Å². The third-order valence-electron chi connectivity index (χ3n) is 2.35. The van der Waals surface area contributed by atoms with E-state index in [4.69, 9.17) is 4.74 Å². The summed E-state index contributed by atoms with van der Waals surface area (Å²) in [6, 6.07) is 3.51. The summed E-state index contributed by atoms with van der Waals surface area (Å²) in [5.41, 5.74) is 1.75. The highest BCUT2D eigenvalue weighted by atomic mass is 79.9. The second-order valence-electron chi connectivity index (χ2n) is 3.90. The zero-order chi connectivity index (χ0) is 14.0. The van der Waals surface area contributed by atoms with Crippen molar-refractivity contribution >= 4 is 39.1 Å². The highest BCUT2D eigenvalue weighted by Gasteiger charge is 2.13. The van der Waals surface area contributed by atoms with Crippen LogP contribution in [0, 0.1) is 13.8 Å². The highest BCUT2D eigenvalue weighted by Crippen LogP contribution is 2.27. The molecule has 2 rings (SSSR count). The summed E-state index contributed by atoms with van der Waals surface area (Å²) in [4.78, 5) is 20.9. The molecule has 0 saturated heterocycles. The zero-order valence-corrected chi connectivity index (χ0v) is 13.1. The van der Waals surface area contributed by atoms with Gasteiger partial charge in [-0.05, 0) is 41.4 Å². The molecule has 0 aromatic carbocycles. The van der Waals surface area contributed by atoms with E-state index in [0.717, 1.165) is 15.0 Å². The van der Waals surface area contributed by atoms with Gasteiger partial charge in [-0.2, -0.15) is 4.98 Å². The summed E-state index contributed by atoms with van der Waals surface area (Å²) >= 11 is 4.77. The van der Waals surface area contributed by atoms with Gasteiger partial charge in [-0.15, -0.1) is 11.3 Å². The van der Waals surface area contributed by atoms with E-state index < -0.39 is 0 Å². The van der Waals surface area contributed by atoms with Crippen molar-refractivity contribution in [2.75, 3.05) is 12.4 Å². The third-order valence-corrected chi connectivity index (χ3v) is 4.48. The van der Waals surface area contributed by atoms with Crippen molar-refractivity contribution in [2.45, 2.75) is 13.8 Å². The van der Waals surface area contributed by atoms with Crippen LogP contribution in [0.5, 0.6) is 5.88 Å². The number of thiophene rings is 1. The molecule has 2 aromatic rings. The van der Waals surface area contributed by atoms with E-state index in [1.54, 1.807) is 6.07 Å². The molecule has 0 bridgehead atoms. The number of rotatable bonds is 3. The monoisotopic (exact) mass is 341 g/mol. The van der Waals surface area contributed by atoms with Gasteiger partial charge in [0.25, 0.3) is 5.91 Å². The highest BCUT2D eigenvalue weighted by molar-refractivity contribution is 9.11. The first-order valence-electron chi connectivity index (χ1n) is 5.46. The smallest absolute Gasteiger partial charge is 0.268 e. The third kappa shape index (κ3) is 3.30. The Labute approximate surface area is 123 Å². The van der Waals surface area contributed by atoms with E-state index in [-0.39, 0.29) is 11.9 Å². The maximum atomic E-state index is 12.0. The molecule has 1 amide bonds. The maximum absolute atomic E-state index is 12.0. The molecule has 100 valence electrons. The van der Waals surface area contributed by atoms with Crippen molar-refractivity contribution in [1.82, 2.24) is 9.97 Å². The summed E-state index contributed by atoms with van der Waals surface area (Å²) in [5, 5.41) is 2.66. The number of nitrogens with zero attached hydrogens (tertiary/aromatic N) is 2. The van der Waals surface area contributed by atoms with E-state index in [1.165, 1.54) is 18.4 Å². The standard InChI is InChI=1S/C12H12BrN3O2S/c1-6-4-8(19-10(6)13)11(17)16-12-14-7(2)5-9(15-12)18-3/h4-5H,1-3H3,(H,14,15,16,17). The quantitative estimate of drug-likeness (QED) is 0.931. The molecule has 1 N–H and O–H groups in total. The van der Waals surface area contributed by atoms with Crippen LogP contribution in [0.25, 0.3) is 0 Å². The number of anilines is 1. The van der Waals surface area contributed by atoms with Gasteiger partial charge in [0.2, 0.25) is 11.8 Å². The fourth-order valence-corrected chi connectivity index (χ4v) is 2.87. The lowest BCUT2D eigenvalue weighted by Gasteiger charge is -2.05. The fourth-order valence-electron chi connectivity index (χ4n) is 1.44. The molecular weight excluding hydrogens is 330 g/mol. The molecule has 0 saturated carbocycles. The molecule has 0 aliphatic carbocycles. The molecular formula is C12H12BrN3O2S. The molecule has 0 spiro atoms. The van der Waals surface area contributed by atoms with Crippen LogP contribution in [0.3, 0.4) is 0 Å². The number of hydrogen-bond acceptors (Lipinski definition) is 5. The molecule has 0 fully saturated rings. The fraction of sp³-hybridized carbons (Fsp3) is 0.250. The first-order valence-corrected chi connectivity index (χ1v) is 7.07. The minimum atomic E-state index is -0.230. The molecule has 7 heteroatoms. The Hall–Kier alpha value is -1.47. The Balaban J connectivity index is 2.21. The number of carbonyl (C=O) groups excluding carboxylic acids is 1. The van der Waals surface area contributed by atoms with Crippen molar-refractivity contribution < 1.29 is 9.53 Å². The number of hydrogen-bond donors (Lipinski definition) is 1. The molecule has 2 aromatic heterocycles. The van der Waals surface area contributed by atoms with Gasteiger partial charge in [0.15, 0.2) is 0 Å². The number of methoxy groups -OCH3 is 1. The molecule has 2 heterocycles. The summed E-state index contributed by atoms with van der Waals surface area (Å²) in [7, 11) is 1.52. The van der Waals surface area contributed by atoms with Crippen molar-refractivity contribution in [3.05, 3.63) is 32.1 Å². The van der Waals surface area contributed by atoms with E-state index in [1.807, 2.05) is 19.9 Å². The Bertz CT molecular complexity index is 608. The van der Waals surface area contributed by atoms with E-state index >= 15 is 0 Å². The number of aryl methyl sites for hydroxylation is 2. The van der Waals surface area contributed by atoms with Crippen molar-refractivity contribution in [2.24, 2.45) is 0 Å². The van der Waals surface area contributed by atoms with Crippen LogP contribution in [-0.2, 0) is 0 Å². The summed E-state index contributed by atoms with van der Waals surface area (Å²) in [5.74, 6) is 0.432. The minimum absolute atomic E-state index is 0.230. The number of aromatic nitrogens is 2. The van der Waals surface area contributed by atoms with Crippen LogP contribution in [0.2, 0.25) is 0 Å². The first kappa shape index (κ1) is 14.0. The SMILES string of the molecule is COc1cc(C)nc(NC(=O)c2cc(C)c(Br)s2)n1. The normalized spacial score (nSPS) is 10.3. The van der Waals surface area contributed by atoms with Crippen LogP contribution in [0.1, 0.15) is 20.9 Å². The van der Waals surface area contributed by atoms with Gasteiger partial charge in [0, 0.05) is 11.8 Å². The molecule has 0 unspecified atom stereocenters. The van der Waals surface area contributed by atoms with Crippen molar-refractivity contribution in [3.63, 3.8) is 0 Å². The van der Waals surface area contributed by atoms with Crippen LogP contribution < -0.4 is 10.1 Å². The molecule has 0 radical (unpaired) electrons. The van der Waals surface area contributed by atoms with Gasteiger partial charge in [0.05, 0.1) is 15.8 Å². The average Bonchev–Trinajstić information content (AvgIpc) is 2.69. The molecule has 19 heavy (non-hydrogen) atoms. The summed E-state index contributed by atoms with van der Waals surface area (Å²) in [6.07, 6.45) is 0. The van der Waals surface area contributed by atoms with Crippen molar-refractivity contribution in [3.8, 4) is 5.88 Å². The second-order valence-corrected chi connectivity index (χ2v) is 6.27. The number of amides is 1. The Kier molecular flexibility index (Phi) is 4.16. The maximum Gasteiger partial charge on any atom is 0.268 e. The van der Waals surface area contributed by atoms with E-state index in [0.29, 0.717) is 10.8 Å². The van der Waals surface area contributed by atoms with Gasteiger partial charge < -0.3 is 4.74 Å². The number of carbonyl (C=O) groups is 1. The summed E-state index contributed by atoms with van der Waals surface area (Å²) < 4.78 is 5.98. The molecule has 0 aliphatic heterocycles.